The third kappa shape index (κ3) is 4.02. The number of nitrogens with one attached hydrogen (secondary N) is 2. The molecule has 1 aromatic carbocycles. The standard InChI is InChI=1S/C12H15N3O2S2/c1-9(2)14-19(16,17)15-11-5-3-10(4-6-11)12-13-7-8-18-12/h3-9,14-15H,1-2H3. The molecule has 5 nitrogen and oxygen atoms in total. The Hall–Kier alpha value is -1.44. The van der Waals surface area contributed by atoms with E-state index in [0.29, 0.717) is 5.69 Å². The normalized spacial score (nSPS) is 11.7. The number of hydrogen-bond acceptors (Lipinski definition) is 4. The molecule has 2 N–H and O–H groups in total. The van der Waals surface area contributed by atoms with E-state index < -0.39 is 10.2 Å². The number of benzene rings is 1. The highest BCUT2D eigenvalue weighted by atomic mass is 32.2. The molecule has 102 valence electrons. The van der Waals surface area contributed by atoms with Gasteiger partial charge in [0.1, 0.15) is 5.01 Å². The fourth-order valence-corrected chi connectivity index (χ4v) is 3.31. The first-order valence-corrected chi connectivity index (χ1v) is 8.12. The summed E-state index contributed by atoms with van der Waals surface area (Å²) >= 11 is 1.54. The smallest absolute Gasteiger partial charge is 0.271 e. The molecule has 2 rings (SSSR count). The molecule has 0 saturated heterocycles. The van der Waals surface area contributed by atoms with E-state index in [1.807, 2.05) is 17.5 Å². The first kappa shape index (κ1) is 14.0. The van der Waals surface area contributed by atoms with Crippen molar-refractivity contribution in [2.24, 2.45) is 0 Å². The van der Waals surface area contributed by atoms with E-state index in [1.165, 1.54) is 0 Å². The summed E-state index contributed by atoms with van der Waals surface area (Å²) in [5.74, 6) is 0. The number of aromatic nitrogens is 1. The van der Waals surface area contributed by atoms with Gasteiger partial charge >= 0.3 is 0 Å². The lowest BCUT2D eigenvalue weighted by Crippen LogP contribution is -2.35. The summed E-state index contributed by atoms with van der Waals surface area (Å²) in [4.78, 5) is 4.20. The van der Waals surface area contributed by atoms with Gasteiger partial charge in [0.15, 0.2) is 0 Å². The number of thiazole rings is 1. The van der Waals surface area contributed by atoms with Crippen LogP contribution in [0.2, 0.25) is 0 Å². The van der Waals surface area contributed by atoms with Crippen molar-refractivity contribution in [1.29, 1.82) is 0 Å². The maximum Gasteiger partial charge on any atom is 0.299 e. The zero-order chi connectivity index (χ0) is 13.9. The largest absolute Gasteiger partial charge is 0.299 e. The second-order valence-electron chi connectivity index (χ2n) is 4.29. The molecule has 0 spiro atoms. The molecular formula is C12H15N3O2S2. The van der Waals surface area contributed by atoms with Crippen LogP contribution in [0.15, 0.2) is 35.8 Å². The second-order valence-corrected chi connectivity index (χ2v) is 6.63. The number of anilines is 1. The van der Waals surface area contributed by atoms with Crippen LogP contribution >= 0.6 is 11.3 Å². The van der Waals surface area contributed by atoms with Crippen LogP contribution in [0.3, 0.4) is 0 Å². The van der Waals surface area contributed by atoms with E-state index in [4.69, 9.17) is 0 Å². The number of hydrogen-bond donors (Lipinski definition) is 2. The van der Waals surface area contributed by atoms with E-state index in [-0.39, 0.29) is 6.04 Å². The average Bonchev–Trinajstić information content (AvgIpc) is 2.81. The summed E-state index contributed by atoms with van der Waals surface area (Å²) in [6.07, 6.45) is 1.74. The van der Waals surface area contributed by atoms with E-state index >= 15 is 0 Å². The van der Waals surface area contributed by atoms with E-state index in [0.717, 1.165) is 10.6 Å². The van der Waals surface area contributed by atoms with Gasteiger partial charge in [0.05, 0.1) is 0 Å². The van der Waals surface area contributed by atoms with Crippen LogP contribution in [-0.4, -0.2) is 19.4 Å². The third-order valence-corrected chi connectivity index (χ3v) is 4.32. The number of nitrogens with zero attached hydrogens (tertiary/aromatic N) is 1. The van der Waals surface area contributed by atoms with Crippen molar-refractivity contribution in [2.45, 2.75) is 19.9 Å². The molecule has 7 heteroatoms. The fourth-order valence-electron chi connectivity index (χ4n) is 1.54. The summed E-state index contributed by atoms with van der Waals surface area (Å²) in [7, 11) is -3.51. The van der Waals surface area contributed by atoms with Crippen LogP contribution in [0.4, 0.5) is 5.69 Å². The van der Waals surface area contributed by atoms with Crippen LogP contribution in [0.5, 0.6) is 0 Å². The SMILES string of the molecule is CC(C)NS(=O)(=O)Nc1ccc(-c2nccs2)cc1. The third-order valence-electron chi connectivity index (χ3n) is 2.21. The minimum atomic E-state index is -3.51. The Morgan fingerprint density at radius 1 is 1.21 bits per heavy atom. The summed E-state index contributed by atoms with van der Waals surface area (Å²) in [5.41, 5.74) is 1.49. The second kappa shape index (κ2) is 5.68. The molecule has 0 bridgehead atoms. The molecule has 0 aliphatic heterocycles. The van der Waals surface area contributed by atoms with E-state index in [9.17, 15) is 8.42 Å². The topological polar surface area (TPSA) is 71.1 Å². The summed E-state index contributed by atoms with van der Waals surface area (Å²) < 4.78 is 28.3. The van der Waals surface area contributed by atoms with Crippen LogP contribution < -0.4 is 9.44 Å². The molecule has 1 aromatic heterocycles. The Bertz CT molecular complexity index is 620. The van der Waals surface area contributed by atoms with Gasteiger partial charge in [0.2, 0.25) is 0 Å². The molecule has 19 heavy (non-hydrogen) atoms. The molecule has 0 aliphatic carbocycles. The van der Waals surface area contributed by atoms with Crippen molar-refractivity contribution in [3.05, 3.63) is 35.8 Å². The first-order chi connectivity index (χ1) is 8.96. The van der Waals surface area contributed by atoms with E-state index in [2.05, 4.69) is 14.4 Å². The highest BCUT2D eigenvalue weighted by molar-refractivity contribution is 7.90. The van der Waals surface area contributed by atoms with Gasteiger partial charge in [0, 0.05) is 28.9 Å². The van der Waals surface area contributed by atoms with Crippen molar-refractivity contribution < 1.29 is 8.42 Å². The maximum absolute atomic E-state index is 11.7. The number of rotatable bonds is 5. The lowest BCUT2D eigenvalue weighted by Gasteiger charge is -2.11. The monoisotopic (exact) mass is 297 g/mol. The Kier molecular flexibility index (Phi) is 4.18. The lowest BCUT2D eigenvalue weighted by atomic mass is 10.2. The molecule has 0 atom stereocenters. The predicted molar refractivity (Wildman–Crippen MR) is 78.4 cm³/mol. The van der Waals surface area contributed by atoms with Gasteiger partial charge in [-0.05, 0) is 38.1 Å². The molecule has 0 amide bonds. The van der Waals surface area contributed by atoms with Gasteiger partial charge in [-0.2, -0.15) is 13.1 Å². The van der Waals surface area contributed by atoms with Gasteiger partial charge in [-0.1, -0.05) is 0 Å². The average molecular weight is 297 g/mol. The van der Waals surface area contributed by atoms with Crippen LogP contribution in [0, 0.1) is 0 Å². The lowest BCUT2D eigenvalue weighted by molar-refractivity contribution is 0.575. The molecule has 2 aromatic rings. The molecular weight excluding hydrogens is 282 g/mol. The van der Waals surface area contributed by atoms with Crippen LogP contribution in [0.25, 0.3) is 10.6 Å². The highest BCUT2D eigenvalue weighted by Crippen LogP contribution is 2.23. The van der Waals surface area contributed by atoms with Crippen molar-refractivity contribution in [2.75, 3.05) is 4.72 Å². The predicted octanol–water partition coefficient (Wildman–Crippen LogP) is 2.46. The van der Waals surface area contributed by atoms with Crippen molar-refractivity contribution >= 4 is 27.2 Å². The maximum atomic E-state index is 11.7. The zero-order valence-corrected chi connectivity index (χ0v) is 12.3. The molecule has 0 fully saturated rings. The summed E-state index contributed by atoms with van der Waals surface area (Å²) in [6, 6.07) is 6.97. The molecule has 0 unspecified atom stereocenters. The van der Waals surface area contributed by atoms with Crippen LogP contribution in [-0.2, 0) is 10.2 Å². The van der Waals surface area contributed by atoms with Gasteiger partial charge in [-0.25, -0.2) is 4.98 Å². The Balaban J connectivity index is 2.11. The van der Waals surface area contributed by atoms with E-state index in [1.54, 1.807) is 43.5 Å². The molecule has 0 aliphatic rings. The quantitative estimate of drug-likeness (QED) is 0.890. The van der Waals surface area contributed by atoms with Gasteiger partial charge in [0.25, 0.3) is 10.2 Å². The highest BCUT2D eigenvalue weighted by Gasteiger charge is 2.11. The molecule has 0 radical (unpaired) electrons. The Morgan fingerprint density at radius 3 is 2.42 bits per heavy atom. The summed E-state index contributed by atoms with van der Waals surface area (Å²) in [5, 5.41) is 2.81. The molecule has 0 saturated carbocycles. The Labute approximate surface area is 116 Å². The van der Waals surface area contributed by atoms with Crippen LogP contribution in [0.1, 0.15) is 13.8 Å². The fraction of sp³-hybridized carbons (Fsp3) is 0.250. The van der Waals surface area contributed by atoms with Gasteiger partial charge in [-0.15, -0.1) is 11.3 Å². The Morgan fingerprint density at radius 2 is 1.89 bits per heavy atom. The minimum absolute atomic E-state index is 0.146. The van der Waals surface area contributed by atoms with Crippen molar-refractivity contribution in [3.8, 4) is 10.6 Å². The first-order valence-electron chi connectivity index (χ1n) is 5.76. The zero-order valence-electron chi connectivity index (χ0n) is 10.6. The van der Waals surface area contributed by atoms with Crippen molar-refractivity contribution in [1.82, 2.24) is 9.71 Å². The van der Waals surface area contributed by atoms with Gasteiger partial charge in [-0.3, -0.25) is 4.72 Å². The van der Waals surface area contributed by atoms with Crippen molar-refractivity contribution in [3.63, 3.8) is 0 Å². The summed E-state index contributed by atoms with van der Waals surface area (Å²) in [6.45, 7) is 3.54. The van der Waals surface area contributed by atoms with Gasteiger partial charge < -0.3 is 0 Å². The minimum Gasteiger partial charge on any atom is -0.271 e. The molecule has 1 heterocycles.